The molecule has 0 amide bonds. The predicted molar refractivity (Wildman–Crippen MR) is 87.0 cm³/mol. The van der Waals surface area contributed by atoms with Gasteiger partial charge in [0.25, 0.3) is 0 Å². The van der Waals surface area contributed by atoms with Crippen LogP contribution in [0.15, 0.2) is 53.6 Å². The summed E-state index contributed by atoms with van der Waals surface area (Å²) < 4.78 is 15.6. The fourth-order valence-electron chi connectivity index (χ4n) is 2.09. The lowest BCUT2D eigenvalue weighted by Gasteiger charge is -2.02. The molecule has 3 rings (SSSR count). The van der Waals surface area contributed by atoms with Gasteiger partial charge in [-0.25, -0.2) is 9.49 Å². The highest BCUT2D eigenvalue weighted by molar-refractivity contribution is 7.71. The van der Waals surface area contributed by atoms with Crippen molar-refractivity contribution in [1.82, 2.24) is 14.9 Å². The molecule has 0 aliphatic heterocycles. The van der Waals surface area contributed by atoms with E-state index in [9.17, 15) is 4.39 Å². The summed E-state index contributed by atoms with van der Waals surface area (Å²) in [6.07, 6.45) is 1.67. The van der Waals surface area contributed by atoms with Crippen molar-refractivity contribution < 1.29 is 4.39 Å². The van der Waals surface area contributed by atoms with E-state index in [2.05, 4.69) is 15.3 Å². The fourth-order valence-corrected chi connectivity index (χ4v) is 2.27. The maximum atomic E-state index is 13.9. The van der Waals surface area contributed by atoms with E-state index in [-0.39, 0.29) is 5.82 Å². The van der Waals surface area contributed by atoms with Crippen LogP contribution in [0.2, 0.25) is 0 Å². The van der Waals surface area contributed by atoms with E-state index in [0.717, 1.165) is 11.1 Å². The Bertz CT molecular complexity index is 895. The van der Waals surface area contributed by atoms with Gasteiger partial charge in [0.15, 0.2) is 5.82 Å². The summed E-state index contributed by atoms with van der Waals surface area (Å²) in [4.78, 5) is 0. The number of nitrogens with zero attached hydrogens (tertiary/aromatic N) is 3. The van der Waals surface area contributed by atoms with Gasteiger partial charge in [-0.15, -0.1) is 0 Å². The van der Waals surface area contributed by atoms with E-state index in [4.69, 9.17) is 12.2 Å². The third-order valence-electron chi connectivity index (χ3n) is 3.13. The number of nitrogens with one attached hydrogen (secondary N) is 1. The molecule has 0 fully saturated rings. The van der Waals surface area contributed by atoms with Gasteiger partial charge >= 0.3 is 0 Å². The molecule has 22 heavy (non-hydrogen) atoms. The predicted octanol–water partition coefficient (Wildman–Crippen LogP) is 3.94. The van der Waals surface area contributed by atoms with E-state index in [0.29, 0.717) is 16.2 Å². The molecule has 6 heteroatoms. The molecule has 1 N–H and O–H groups in total. The van der Waals surface area contributed by atoms with Crippen LogP contribution in [0, 0.1) is 17.5 Å². The van der Waals surface area contributed by atoms with Crippen LogP contribution >= 0.6 is 12.2 Å². The Labute approximate surface area is 131 Å². The van der Waals surface area contributed by atoms with Crippen LogP contribution in [-0.4, -0.2) is 21.1 Å². The molecule has 2 aromatic carbocycles. The summed E-state index contributed by atoms with van der Waals surface area (Å²) in [5.41, 5.74) is 2.41. The number of rotatable bonds is 3. The second-order valence-corrected chi connectivity index (χ2v) is 5.19. The zero-order valence-electron chi connectivity index (χ0n) is 11.8. The summed E-state index contributed by atoms with van der Waals surface area (Å²) in [5, 5.41) is 11.0. The summed E-state index contributed by atoms with van der Waals surface area (Å²) in [6, 6.07) is 14.3. The topological polar surface area (TPSA) is 46.0 Å². The molecule has 0 saturated carbocycles. The first-order valence-corrected chi connectivity index (χ1v) is 7.09. The first-order chi connectivity index (χ1) is 10.6. The van der Waals surface area contributed by atoms with Crippen LogP contribution in [0.5, 0.6) is 0 Å². The highest BCUT2D eigenvalue weighted by atomic mass is 32.1. The minimum absolute atomic E-state index is 0.308. The van der Waals surface area contributed by atoms with Crippen LogP contribution in [-0.2, 0) is 0 Å². The number of halogens is 1. The monoisotopic (exact) mass is 312 g/mol. The van der Waals surface area contributed by atoms with Crippen molar-refractivity contribution in [3.8, 4) is 11.4 Å². The minimum Gasteiger partial charge on any atom is -0.250 e. The number of H-pyrrole nitrogens is 1. The van der Waals surface area contributed by atoms with Gasteiger partial charge in [-0.1, -0.05) is 42.0 Å². The molecule has 4 nitrogen and oxygen atoms in total. The van der Waals surface area contributed by atoms with Crippen LogP contribution in [0.4, 0.5) is 4.39 Å². The van der Waals surface area contributed by atoms with E-state index >= 15 is 0 Å². The lowest BCUT2D eigenvalue weighted by molar-refractivity contribution is 0.628. The van der Waals surface area contributed by atoms with Gasteiger partial charge in [-0.2, -0.15) is 14.9 Å². The normalized spacial score (nSPS) is 11.2. The first-order valence-electron chi connectivity index (χ1n) is 6.68. The van der Waals surface area contributed by atoms with Crippen molar-refractivity contribution in [3.63, 3.8) is 0 Å². The SMILES string of the molecule is Cc1cccc(/C=N\n2c(-c3ccccc3F)n[nH]c2=S)c1. The molecule has 1 heterocycles. The second kappa shape index (κ2) is 6.03. The van der Waals surface area contributed by atoms with Gasteiger partial charge in [0, 0.05) is 0 Å². The van der Waals surface area contributed by atoms with Crippen molar-refractivity contribution in [2.24, 2.45) is 5.10 Å². The summed E-state index contributed by atoms with van der Waals surface area (Å²) >= 11 is 5.17. The molecule has 0 radical (unpaired) electrons. The number of benzene rings is 2. The average Bonchev–Trinajstić information content (AvgIpc) is 2.87. The van der Waals surface area contributed by atoms with Crippen molar-refractivity contribution in [3.05, 3.63) is 70.2 Å². The Balaban J connectivity index is 2.04. The van der Waals surface area contributed by atoms with Crippen LogP contribution in [0.1, 0.15) is 11.1 Å². The van der Waals surface area contributed by atoms with Gasteiger partial charge in [0.2, 0.25) is 4.77 Å². The van der Waals surface area contributed by atoms with Crippen LogP contribution in [0.25, 0.3) is 11.4 Å². The highest BCUT2D eigenvalue weighted by Gasteiger charge is 2.12. The summed E-state index contributed by atoms with van der Waals surface area (Å²) in [7, 11) is 0. The van der Waals surface area contributed by atoms with Gasteiger partial charge in [0.05, 0.1) is 11.8 Å². The van der Waals surface area contributed by atoms with Crippen molar-refractivity contribution in [1.29, 1.82) is 0 Å². The van der Waals surface area contributed by atoms with E-state index in [1.165, 1.54) is 10.7 Å². The Kier molecular flexibility index (Phi) is 3.93. The molecular formula is C16H13FN4S. The van der Waals surface area contributed by atoms with E-state index < -0.39 is 0 Å². The van der Waals surface area contributed by atoms with Gasteiger partial charge in [-0.3, -0.25) is 0 Å². The minimum atomic E-state index is -0.372. The molecule has 3 aromatic rings. The summed E-state index contributed by atoms with van der Waals surface area (Å²) in [5.74, 6) is -0.0319. The molecule has 1 aromatic heterocycles. The third-order valence-corrected chi connectivity index (χ3v) is 3.39. The van der Waals surface area contributed by atoms with Gasteiger partial charge in [-0.05, 0) is 36.8 Å². The Morgan fingerprint density at radius 2 is 2.05 bits per heavy atom. The molecular weight excluding hydrogens is 299 g/mol. The standard InChI is InChI=1S/C16H13FN4S/c1-11-5-4-6-12(9-11)10-18-21-15(19-20-16(21)22)13-7-2-3-8-14(13)17/h2-10H,1H3,(H,20,22)/b18-10-. The summed E-state index contributed by atoms with van der Waals surface area (Å²) in [6.45, 7) is 2.01. The number of aromatic nitrogens is 3. The highest BCUT2D eigenvalue weighted by Crippen LogP contribution is 2.20. The molecule has 0 unspecified atom stereocenters. The zero-order chi connectivity index (χ0) is 15.5. The van der Waals surface area contributed by atoms with E-state index in [1.807, 2.05) is 31.2 Å². The largest absolute Gasteiger partial charge is 0.250 e. The Morgan fingerprint density at radius 3 is 2.82 bits per heavy atom. The van der Waals surface area contributed by atoms with Crippen LogP contribution < -0.4 is 0 Å². The first kappa shape index (κ1) is 14.3. The maximum absolute atomic E-state index is 13.9. The molecule has 0 saturated heterocycles. The smallest absolute Gasteiger partial charge is 0.216 e. The molecule has 0 aliphatic rings. The number of hydrogen-bond donors (Lipinski definition) is 1. The Morgan fingerprint density at radius 1 is 1.23 bits per heavy atom. The van der Waals surface area contributed by atoms with Crippen LogP contribution in [0.3, 0.4) is 0 Å². The Hall–Kier alpha value is -2.60. The quantitative estimate of drug-likeness (QED) is 0.588. The zero-order valence-corrected chi connectivity index (χ0v) is 12.6. The molecule has 0 atom stereocenters. The average molecular weight is 312 g/mol. The molecule has 0 bridgehead atoms. The number of aromatic amines is 1. The van der Waals surface area contributed by atoms with Gasteiger partial charge < -0.3 is 0 Å². The maximum Gasteiger partial charge on any atom is 0.216 e. The fraction of sp³-hybridized carbons (Fsp3) is 0.0625. The van der Waals surface area contributed by atoms with Crippen molar-refractivity contribution in [2.45, 2.75) is 6.92 Å². The lowest BCUT2D eigenvalue weighted by atomic mass is 10.2. The molecule has 0 aliphatic carbocycles. The van der Waals surface area contributed by atoms with Crippen molar-refractivity contribution in [2.75, 3.05) is 0 Å². The van der Waals surface area contributed by atoms with E-state index in [1.54, 1.807) is 24.4 Å². The van der Waals surface area contributed by atoms with Gasteiger partial charge in [0.1, 0.15) is 5.82 Å². The third kappa shape index (κ3) is 2.87. The molecule has 0 spiro atoms. The molecule has 110 valence electrons. The lowest BCUT2D eigenvalue weighted by Crippen LogP contribution is -1.96. The number of aryl methyl sites for hydroxylation is 1. The van der Waals surface area contributed by atoms with Crippen molar-refractivity contribution >= 4 is 18.4 Å². The number of hydrogen-bond acceptors (Lipinski definition) is 3. The second-order valence-electron chi connectivity index (χ2n) is 4.80.